The van der Waals surface area contributed by atoms with Gasteiger partial charge < -0.3 is 14.2 Å². The van der Waals surface area contributed by atoms with Crippen LogP contribution in [0, 0.1) is 0 Å². The fourth-order valence-corrected chi connectivity index (χ4v) is 6.72. The van der Waals surface area contributed by atoms with E-state index in [0.717, 1.165) is 116 Å². The lowest BCUT2D eigenvalue weighted by Gasteiger charge is -2.18. The summed E-state index contributed by atoms with van der Waals surface area (Å²) in [6.45, 7) is 6.32. The van der Waals surface area contributed by atoms with E-state index in [1.165, 1.54) is 57.8 Å². The van der Waals surface area contributed by atoms with E-state index in [4.69, 9.17) is 14.2 Å². The van der Waals surface area contributed by atoms with Crippen LogP contribution in [0.15, 0.2) is 109 Å². The number of rotatable bonds is 45. The summed E-state index contributed by atoms with van der Waals surface area (Å²) in [7, 11) is 0. The zero-order chi connectivity index (χ0) is 46.5. The molecule has 6 nitrogen and oxygen atoms in total. The minimum absolute atomic E-state index is 0.109. The maximum absolute atomic E-state index is 12.8. The molecule has 0 bridgehead atoms. The van der Waals surface area contributed by atoms with Crippen LogP contribution in [0.2, 0.25) is 0 Å². The summed E-state index contributed by atoms with van der Waals surface area (Å²) >= 11 is 0. The Bertz CT molecular complexity index is 1340. The molecule has 0 aromatic heterocycles. The number of hydrogen-bond acceptors (Lipinski definition) is 6. The minimum atomic E-state index is -0.817. The van der Waals surface area contributed by atoms with E-state index in [1.54, 1.807) is 0 Å². The zero-order valence-electron chi connectivity index (χ0n) is 41.3. The Labute approximate surface area is 393 Å². The van der Waals surface area contributed by atoms with Crippen LogP contribution in [0.1, 0.15) is 220 Å². The van der Waals surface area contributed by atoms with Crippen LogP contribution in [-0.2, 0) is 28.6 Å². The molecule has 0 aliphatic carbocycles. The quantitative estimate of drug-likeness (QED) is 0.0262. The largest absolute Gasteiger partial charge is 0.462 e. The molecule has 0 saturated carbocycles. The van der Waals surface area contributed by atoms with Crippen LogP contribution in [-0.4, -0.2) is 37.2 Å². The lowest BCUT2D eigenvalue weighted by atomic mass is 10.0. The summed E-state index contributed by atoms with van der Waals surface area (Å²) in [6, 6.07) is 0. The van der Waals surface area contributed by atoms with Gasteiger partial charge in [0.05, 0.1) is 0 Å². The van der Waals surface area contributed by atoms with Gasteiger partial charge in [0.1, 0.15) is 13.2 Å². The first kappa shape index (κ1) is 60.1. The lowest BCUT2D eigenvalue weighted by molar-refractivity contribution is -0.166. The van der Waals surface area contributed by atoms with Gasteiger partial charge in [-0.2, -0.15) is 0 Å². The van der Waals surface area contributed by atoms with Gasteiger partial charge in [-0.3, -0.25) is 14.4 Å². The predicted molar refractivity (Wildman–Crippen MR) is 274 cm³/mol. The van der Waals surface area contributed by atoms with Crippen molar-refractivity contribution in [3.05, 3.63) is 109 Å². The third kappa shape index (κ3) is 49.1. The molecule has 0 heterocycles. The first-order valence-electron chi connectivity index (χ1n) is 25.9. The van der Waals surface area contributed by atoms with E-state index in [-0.39, 0.29) is 37.5 Å². The highest BCUT2D eigenvalue weighted by Gasteiger charge is 2.19. The van der Waals surface area contributed by atoms with Crippen LogP contribution < -0.4 is 0 Å². The number of allylic oxidation sites excluding steroid dienone is 18. The van der Waals surface area contributed by atoms with Crippen molar-refractivity contribution < 1.29 is 28.6 Å². The summed E-state index contributed by atoms with van der Waals surface area (Å²) < 4.78 is 16.7. The second kappa shape index (κ2) is 51.7. The standard InChI is InChI=1S/C58H94O6/c1-4-7-10-13-16-19-22-25-27-28-29-30-32-33-36-39-42-45-48-51-57(60)63-54-55(53-62-56(59)50-47-44-41-38-35-24-21-18-15-12-9-6-3)64-58(61)52-49-46-43-40-37-34-31-26-23-20-17-14-11-8-5-2/h7-8,10-11,16-17,19-20,25-27,29-31,33,36,42,45,55H,4-6,9,12-15,18,21-24,28,32,34-35,37-41,43-44,46-54H2,1-3H3/b10-7-,11-8-,19-16-,20-17-,27-25-,30-29-,31-26-,36-33-,45-42-/t55-/m0/s1. The highest BCUT2D eigenvalue weighted by Crippen LogP contribution is 2.14. The average Bonchev–Trinajstić information content (AvgIpc) is 3.29. The molecule has 0 aliphatic heterocycles. The number of carbonyl (C=O) groups excluding carboxylic acids is 3. The van der Waals surface area contributed by atoms with Gasteiger partial charge >= 0.3 is 17.9 Å². The van der Waals surface area contributed by atoms with Crippen LogP contribution in [0.5, 0.6) is 0 Å². The van der Waals surface area contributed by atoms with Crippen LogP contribution in [0.25, 0.3) is 0 Å². The third-order valence-corrected chi connectivity index (χ3v) is 10.5. The molecular formula is C58H94O6. The van der Waals surface area contributed by atoms with Gasteiger partial charge in [0, 0.05) is 19.3 Å². The average molecular weight is 887 g/mol. The van der Waals surface area contributed by atoms with Gasteiger partial charge in [0.2, 0.25) is 0 Å². The highest BCUT2D eigenvalue weighted by molar-refractivity contribution is 5.71. The van der Waals surface area contributed by atoms with Crippen molar-refractivity contribution in [2.45, 2.75) is 226 Å². The Morgan fingerprint density at radius 2 is 0.641 bits per heavy atom. The Morgan fingerprint density at radius 3 is 1.05 bits per heavy atom. The topological polar surface area (TPSA) is 78.9 Å². The molecule has 0 rings (SSSR count). The van der Waals surface area contributed by atoms with Crippen molar-refractivity contribution in [1.29, 1.82) is 0 Å². The van der Waals surface area contributed by atoms with Gasteiger partial charge in [-0.25, -0.2) is 0 Å². The van der Waals surface area contributed by atoms with Crippen LogP contribution >= 0.6 is 0 Å². The molecule has 0 aromatic rings. The zero-order valence-corrected chi connectivity index (χ0v) is 41.3. The summed E-state index contributed by atoms with van der Waals surface area (Å²) in [5, 5.41) is 0. The molecule has 6 heteroatoms. The third-order valence-electron chi connectivity index (χ3n) is 10.5. The van der Waals surface area contributed by atoms with Gasteiger partial charge in [0.15, 0.2) is 6.10 Å². The molecule has 0 radical (unpaired) electrons. The number of hydrogen-bond donors (Lipinski definition) is 0. The Morgan fingerprint density at radius 1 is 0.328 bits per heavy atom. The number of esters is 3. The van der Waals surface area contributed by atoms with E-state index in [9.17, 15) is 14.4 Å². The van der Waals surface area contributed by atoms with E-state index >= 15 is 0 Å². The normalized spacial score (nSPS) is 13.0. The van der Waals surface area contributed by atoms with Crippen LogP contribution in [0.3, 0.4) is 0 Å². The van der Waals surface area contributed by atoms with Gasteiger partial charge in [-0.15, -0.1) is 0 Å². The Hall–Kier alpha value is -3.93. The molecule has 0 amide bonds. The predicted octanol–water partition coefficient (Wildman–Crippen LogP) is 17.1. The molecule has 0 N–H and O–H groups in total. The summed E-state index contributed by atoms with van der Waals surface area (Å²) in [4.78, 5) is 37.9. The number of unbranched alkanes of at least 4 members (excludes halogenated alkanes) is 16. The number of ether oxygens (including phenoxy) is 3. The Balaban J connectivity index is 4.53. The number of carbonyl (C=O) groups is 3. The van der Waals surface area contributed by atoms with E-state index in [1.807, 2.05) is 12.2 Å². The molecule has 0 aliphatic rings. The van der Waals surface area contributed by atoms with Gasteiger partial charge in [-0.1, -0.05) is 220 Å². The second-order valence-corrected chi connectivity index (χ2v) is 16.7. The fraction of sp³-hybridized carbons (Fsp3) is 0.638. The maximum Gasteiger partial charge on any atom is 0.306 e. The van der Waals surface area contributed by atoms with Crippen molar-refractivity contribution >= 4 is 17.9 Å². The molecule has 0 spiro atoms. The van der Waals surface area contributed by atoms with Crippen molar-refractivity contribution in [3.63, 3.8) is 0 Å². The first-order chi connectivity index (χ1) is 31.5. The monoisotopic (exact) mass is 887 g/mol. The summed E-state index contributed by atoms with van der Waals surface area (Å²) in [6.07, 6.45) is 69.4. The smallest absolute Gasteiger partial charge is 0.306 e. The summed E-state index contributed by atoms with van der Waals surface area (Å²) in [5.41, 5.74) is 0. The van der Waals surface area contributed by atoms with Crippen molar-refractivity contribution in [2.24, 2.45) is 0 Å². The molecule has 1 atom stereocenters. The molecule has 362 valence electrons. The minimum Gasteiger partial charge on any atom is -0.462 e. The molecule has 0 saturated heterocycles. The first-order valence-corrected chi connectivity index (χ1v) is 25.9. The van der Waals surface area contributed by atoms with Crippen molar-refractivity contribution in [1.82, 2.24) is 0 Å². The molecule has 0 aromatic carbocycles. The maximum atomic E-state index is 12.8. The van der Waals surface area contributed by atoms with E-state index in [2.05, 4.69) is 118 Å². The van der Waals surface area contributed by atoms with Gasteiger partial charge in [0.25, 0.3) is 0 Å². The summed E-state index contributed by atoms with van der Waals surface area (Å²) in [5.74, 6) is -1.02. The highest BCUT2D eigenvalue weighted by atomic mass is 16.6. The Kier molecular flexibility index (Phi) is 48.5. The van der Waals surface area contributed by atoms with Crippen molar-refractivity contribution in [2.75, 3.05) is 13.2 Å². The molecule has 0 fully saturated rings. The molecule has 64 heavy (non-hydrogen) atoms. The van der Waals surface area contributed by atoms with Crippen molar-refractivity contribution in [3.8, 4) is 0 Å². The lowest BCUT2D eigenvalue weighted by Crippen LogP contribution is -2.30. The van der Waals surface area contributed by atoms with Crippen LogP contribution in [0.4, 0.5) is 0 Å². The molecule has 0 unspecified atom stereocenters. The second-order valence-electron chi connectivity index (χ2n) is 16.7. The van der Waals surface area contributed by atoms with E-state index in [0.29, 0.717) is 19.3 Å². The van der Waals surface area contributed by atoms with Gasteiger partial charge in [-0.05, 0) is 89.9 Å². The van der Waals surface area contributed by atoms with E-state index < -0.39 is 6.10 Å². The molecular weight excluding hydrogens is 793 g/mol. The SMILES string of the molecule is CC/C=C\C/C=C\C/C=C\C/C=C\C/C=C\C/C=C\CCC(=O)OC[C@H](COC(=O)CCCCCCCCCCCCCC)OC(=O)CCCCCCC/C=C\C/C=C\C/C=C\CC. The fourth-order valence-electron chi connectivity index (χ4n) is 6.72.